The molecule has 2 aliphatic heterocycles. The minimum Gasteiger partial charge on any atom is -0.377 e. The van der Waals surface area contributed by atoms with Crippen LogP contribution in [0, 0.1) is 25.7 Å². The molecule has 0 radical (unpaired) electrons. The van der Waals surface area contributed by atoms with Crippen molar-refractivity contribution in [1.29, 1.82) is 0 Å². The van der Waals surface area contributed by atoms with E-state index in [4.69, 9.17) is 4.74 Å². The number of carbonyl (C=O) groups is 2. The highest BCUT2D eigenvalue weighted by atomic mass is 32.2. The van der Waals surface area contributed by atoms with E-state index in [0.29, 0.717) is 37.8 Å². The molecule has 4 rings (SSSR count). The maximum absolute atomic E-state index is 13.4. The Morgan fingerprint density at radius 3 is 2.28 bits per heavy atom. The van der Waals surface area contributed by atoms with Crippen molar-refractivity contribution in [1.82, 2.24) is 14.9 Å². The van der Waals surface area contributed by atoms with Gasteiger partial charge in [0.15, 0.2) is 0 Å². The summed E-state index contributed by atoms with van der Waals surface area (Å²) in [7, 11) is -3.61. The van der Waals surface area contributed by atoms with Crippen molar-refractivity contribution in [3.05, 3.63) is 28.8 Å². The number of piperidine rings is 1. The number of hydrogen-bond acceptors (Lipinski definition) is 6. The predicted octanol–water partition coefficient (Wildman–Crippen LogP) is 4.54. The summed E-state index contributed by atoms with van der Waals surface area (Å²) in [4.78, 5) is 26.9. The lowest BCUT2D eigenvalue weighted by molar-refractivity contribution is -0.138. The third kappa shape index (κ3) is 9.19. The van der Waals surface area contributed by atoms with Crippen LogP contribution in [-0.4, -0.2) is 87.7 Å². The highest BCUT2D eigenvalue weighted by Gasteiger charge is 2.51. The first kappa shape index (κ1) is 36.5. The molecule has 9 nitrogen and oxygen atoms in total. The number of nitrogens with one attached hydrogen (secondary N) is 2. The average Bonchev–Trinajstić information content (AvgIpc) is 3.30. The summed E-state index contributed by atoms with van der Waals surface area (Å²) in [6, 6.07) is 3.71. The van der Waals surface area contributed by atoms with Crippen LogP contribution >= 0.6 is 0 Å². The molecule has 14 heteroatoms. The van der Waals surface area contributed by atoms with E-state index in [1.165, 1.54) is 11.2 Å². The van der Waals surface area contributed by atoms with Gasteiger partial charge in [0.1, 0.15) is 12.2 Å². The summed E-state index contributed by atoms with van der Waals surface area (Å²) < 4.78 is 83.7. The fraction of sp³-hybridized carbons (Fsp3) is 0.750. The number of sulfonamides is 1. The summed E-state index contributed by atoms with van der Waals surface area (Å²) in [5.41, 5.74) is 2.46. The Morgan fingerprint density at radius 2 is 1.72 bits per heavy atom. The van der Waals surface area contributed by atoms with E-state index < -0.39 is 34.8 Å². The molecule has 3 fully saturated rings. The molecule has 1 unspecified atom stereocenters. The molecule has 3 aliphatic rings. The summed E-state index contributed by atoms with van der Waals surface area (Å²) in [5.74, 6) is -0.202. The SMILES string of the molecule is CC(=O)N(CCOCCF)c1cc(C)c(CCS(=O)(=O)N2CCC3(CC2)NC(C2CCC(CCC(F)(F)F)CC2)NC3=O)c(C)c1. The van der Waals surface area contributed by atoms with Gasteiger partial charge < -0.3 is 15.0 Å². The minimum absolute atomic E-state index is 0.0282. The number of carbonyl (C=O) groups excluding carboxylic acids is 2. The van der Waals surface area contributed by atoms with E-state index in [2.05, 4.69) is 10.6 Å². The molecule has 260 valence electrons. The Labute approximate surface area is 269 Å². The molecule has 1 aromatic carbocycles. The highest BCUT2D eigenvalue weighted by molar-refractivity contribution is 7.89. The van der Waals surface area contributed by atoms with Gasteiger partial charge in [-0.05, 0) is 93.0 Å². The number of rotatable bonds is 13. The number of halogens is 4. The van der Waals surface area contributed by atoms with Gasteiger partial charge >= 0.3 is 6.18 Å². The molecule has 1 atom stereocenters. The van der Waals surface area contributed by atoms with E-state index >= 15 is 0 Å². The van der Waals surface area contributed by atoms with Crippen molar-refractivity contribution in [3.63, 3.8) is 0 Å². The predicted molar refractivity (Wildman–Crippen MR) is 168 cm³/mol. The van der Waals surface area contributed by atoms with Crippen LogP contribution in [0.15, 0.2) is 12.1 Å². The van der Waals surface area contributed by atoms with Gasteiger partial charge in [-0.1, -0.05) is 12.8 Å². The summed E-state index contributed by atoms with van der Waals surface area (Å²) in [5, 5.41) is 6.53. The number of anilines is 1. The van der Waals surface area contributed by atoms with E-state index in [1.807, 2.05) is 26.0 Å². The van der Waals surface area contributed by atoms with Crippen LogP contribution in [0.5, 0.6) is 0 Å². The van der Waals surface area contributed by atoms with Crippen molar-refractivity contribution in [2.75, 3.05) is 50.2 Å². The zero-order valence-corrected chi connectivity index (χ0v) is 27.9. The van der Waals surface area contributed by atoms with Gasteiger partial charge in [0.25, 0.3) is 0 Å². The summed E-state index contributed by atoms with van der Waals surface area (Å²) in [6.45, 7) is 5.51. The third-order valence-electron chi connectivity index (χ3n) is 9.98. The number of nitrogens with zero attached hydrogens (tertiary/aromatic N) is 2. The number of amides is 2. The Bertz CT molecular complexity index is 1300. The van der Waals surface area contributed by atoms with Crippen molar-refractivity contribution < 1.29 is 40.3 Å². The Balaban J connectivity index is 1.29. The lowest BCUT2D eigenvalue weighted by Gasteiger charge is -2.38. The minimum atomic E-state index is -4.13. The quantitative estimate of drug-likeness (QED) is 0.235. The molecular formula is C32H48F4N4O5S. The van der Waals surface area contributed by atoms with Crippen LogP contribution in [0.2, 0.25) is 0 Å². The van der Waals surface area contributed by atoms with Crippen LogP contribution in [0.25, 0.3) is 0 Å². The van der Waals surface area contributed by atoms with Crippen molar-refractivity contribution in [2.24, 2.45) is 11.8 Å². The first-order valence-corrected chi connectivity index (χ1v) is 17.9. The van der Waals surface area contributed by atoms with E-state index in [9.17, 15) is 35.6 Å². The molecule has 46 heavy (non-hydrogen) atoms. The molecule has 2 N–H and O–H groups in total. The van der Waals surface area contributed by atoms with Crippen LogP contribution < -0.4 is 15.5 Å². The van der Waals surface area contributed by atoms with Gasteiger partial charge in [-0.25, -0.2) is 17.1 Å². The number of hydrogen-bond donors (Lipinski definition) is 2. The smallest absolute Gasteiger partial charge is 0.377 e. The molecule has 0 bridgehead atoms. The van der Waals surface area contributed by atoms with E-state index in [0.717, 1.165) is 29.5 Å². The number of benzene rings is 1. The fourth-order valence-electron chi connectivity index (χ4n) is 7.27. The van der Waals surface area contributed by atoms with Crippen LogP contribution in [0.4, 0.5) is 23.2 Å². The summed E-state index contributed by atoms with van der Waals surface area (Å²) in [6.07, 6.45) is -1.09. The largest absolute Gasteiger partial charge is 0.389 e. The Morgan fingerprint density at radius 1 is 1.09 bits per heavy atom. The molecule has 2 saturated heterocycles. The van der Waals surface area contributed by atoms with Crippen LogP contribution in [0.3, 0.4) is 0 Å². The maximum Gasteiger partial charge on any atom is 0.389 e. The number of aryl methyl sites for hydroxylation is 2. The maximum atomic E-state index is 13.4. The third-order valence-corrected chi connectivity index (χ3v) is 11.9. The van der Waals surface area contributed by atoms with Gasteiger partial charge in [-0.2, -0.15) is 13.2 Å². The lowest BCUT2D eigenvalue weighted by Crippen LogP contribution is -2.56. The second kappa shape index (κ2) is 15.3. The number of alkyl halides is 4. The van der Waals surface area contributed by atoms with Gasteiger partial charge in [-0.3, -0.25) is 14.9 Å². The lowest BCUT2D eigenvalue weighted by atomic mass is 9.78. The molecular weight excluding hydrogens is 628 g/mol. The zero-order valence-electron chi connectivity index (χ0n) is 27.1. The van der Waals surface area contributed by atoms with Crippen molar-refractivity contribution in [2.45, 2.75) is 96.4 Å². The van der Waals surface area contributed by atoms with Gasteiger partial charge in [0.05, 0.1) is 25.1 Å². The van der Waals surface area contributed by atoms with Crippen LogP contribution in [-0.2, 0) is 30.8 Å². The molecule has 0 aromatic heterocycles. The van der Waals surface area contributed by atoms with Crippen LogP contribution in [0.1, 0.15) is 75.0 Å². The van der Waals surface area contributed by atoms with Crippen molar-refractivity contribution in [3.8, 4) is 0 Å². The zero-order chi connectivity index (χ0) is 33.7. The Kier molecular flexibility index (Phi) is 12.1. The molecule has 1 saturated carbocycles. The van der Waals surface area contributed by atoms with Gasteiger partial charge in [-0.15, -0.1) is 0 Å². The van der Waals surface area contributed by atoms with Gasteiger partial charge in [0.2, 0.25) is 21.8 Å². The molecule has 1 spiro atoms. The standard InChI is InChI=1S/C32H48F4N4O5S/c1-22-20-27(40(24(3)41)16-18-45-17-13-33)21-23(2)28(22)9-19-46(43,44)39-14-11-31(12-15-39)30(42)37-29(38-31)26-6-4-25(5-7-26)8-10-32(34,35)36/h20-21,25-26,29,38H,4-19H2,1-3H3,(H,37,42). The molecule has 1 aromatic rings. The molecule has 2 heterocycles. The second-order valence-electron chi connectivity index (χ2n) is 13.1. The van der Waals surface area contributed by atoms with Crippen molar-refractivity contribution >= 4 is 27.5 Å². The monoisotopic (exact) mass is 676 g/mol. The topological polar surface area (TPSA) is 108 Å². The number of ether oxygens (including phenoxy) is 1. The average molecular weight is 677 g/mol. The fourth-order valence-corrected chi connectivity index (χ4v) is 8.73. The van der Waals surface area contributed by atoms with Gasteiger partial charge in [0, 0.05) is 38.7 Å². The summed E-state index contributed by atoms with van der Waals surface area (Å²) >= 11 is 0. The Hall–Kier alpha value is -2.29. The normalized spacial score (nSPS) is 23.9. The molecule has 1 aliphatic carbocycles. The van der Waals surface area contributed by atoms with E-state index in [1.54, 1.807) is 4.90 Å². The first-order valence-electron chi connectivity index (χ1n) is 16.3. The molecule has 2 amide bonds. The first-order chi connectivity index (χ1) is 21.6. The highest BCUT2D eigenvalue weighted by Crippen LogP contribution is 2.38. The second-order valence-corrected chi connectivity index (χ2v) is 15.2. The van der Waals surface area contributed by atoms with E-state index in [-0.39, 0.29) is 74.8 Å².